The maximum Gasteiger partial charge on any atom is 0.161 e. The largest absolute Gasteiger partial charge is 0.334 e. The summed E-state index contributed by atoms with van der Waals surface area (Å²) in [5, 5.41) is 4.99. The van der Waals surface area contributed by atoms with Gasteiger partial charge in [0.1, 0.15) is 0 Å². The Labute approximate surface area is 123 Å². The van der Waals surface area contributed by atoms with Gasteiger partial charge in [-0.2, -0.15) is 0 Å². The minimum atomic E-state index is 0.600. The van der Waals surface area contributed by atoms with Gasteiger partial charge in [0, 0.05) is 14.2 Å². The van der Waals surface area contributed by atoms with Gasteiger partial charge in [-0.05, 0) is 40.0 Å². The molecule has 2 rings (SSSR count). The number of benzene rings is 1. The second kappa shape index (κ2) is 5.76. The number of hydrogen-bond acceptors (Lipinski definition) is 3. The van der Waals surface area contributed by atoms with E-state index in [1.54, 1.807) is 0 Å². The predicted molar refractivity (Wildman–Crippen MR) is 84.0 cm³/mol. The predicted octanol–water partition coefficient (Wildman–Crippen LogP) is 4.75. The lowest BCUT2D eigenvalue weighted by Crippen LogP contribution is -2.13. The maximum atomic E-state index is 4.54. The van der Waals surface area contributed by atoms with Crippen molar-refractivity contribution in [3.05, 3.63) is 27.1 Å². The number of anilines is 1. The second-order valence-electron chi connectivity index (χ2n) is 4.30. The molecule has 1 atom stereocenters. The van der Waals surface area contributed by atoms with Crippen molar-refractivity contribution in [2.24, 2.45) is 10.9 Å². The van der Waals surface area contributed by atoms with Gasteiger partial charge in [0.15, 0.2) is 5.17 Å². The van der Waals surface area contributed by atoms with Crippen LogP contribution in [0.3, 0.4) is 0 Å². The Bertz CT molecular complexity index is 446. The summed E-state index contributed by atoms with van der Waals surface area (Å²) in [4.78, 5) is 4.54. The lowest BCUT2D eigenvalue weighted by molar-refractivity contribution is 0.621. The highest BCUT2D eigenvalue weighted by Gasteiger charge is 2.22. The lowest BCUT2D eigenvalue weighted by Gasteiger charge is -2.13. The van der Waals surface area contributed by atoms with Crippen LogP contribution < -0.4 is 5.32 Å². The molecule has 0 aromatic heterocycles. The molecule has 0 spiro atoms. The number of aliphatic imine (C=N–C) groups is 1. The highest BCUT2D eigenvalue weighted by Crippen LogP contribution is 2.31. The number of nitrogens with one attached hydrogen (secondary N) is 1. The van der Waals surface area contributed by atoms with Crippen LogP contribution in [-0.2, 0) is 0 Å². The van der Waals surface area contributed by atoms with Crippen LogP contribution in [0, 0.1) is 5.92 Å². The first-order valence-corrected chi connectivity index (χ1v) is 7.96. The molecular weight excluding hydrogens is 364 g/mol. The molecule has 1 aliphatic heterocycles. The number of hydrogen-bond donors (Lipinski definition) is 1. The average Bonchev–Trinajstić information content (AvgIpc) is 2.72. The number of nitrogens with zero attached hydrogens (tertiary/aromatic N) is 1. The quantitative estimate of drug-likeness (QED) is 0.803. The molecule has 1 heterocycles. The van der Waals surface area contributed by atoms with Crippen LogP contribution in [0.1, 0.15) is 13.8 Å². The minimum Gasteiger partial charge on any atom is -0.334 e. The zero-order valence-corrected chi connectivity index (χ0v) is 13.7. The summed E-state index contributed by atoms with van der Waals surface area (Å²) in [5.41, 5.74) is 1.05. The number of amidine groups is 1. The molecule has 1 aliphatic rings. The van der Waals surface area contributed by atoms with Crippen molar-refractivity contribution in [1.29, 1.82) is 0 Å². The van der Waals surface area contributed by atoms with E-state index in [9.17, 15) is 0 Å². The van der Waals surface area contributed by atoms with Gasteiger partial charge in [0.25, 0.3) is 0 Å². The van der Waals surface area contributed by atoms with Gasteiger partial charge in [0.2, 0.25) is 0 Å². The molecule has 92 valence electrons. The van der Waals surface area contributed by atoms with E-state index in [1.807, 2.05) is 23.9 Å². The zero-order valence-electron chi connectivity index (χ0n) is 9.71. The Balaban J connectivity index is 2.05. The molecule has 0 aliphatic carbocycles. The first-order valence-electron chi connectivity index (χ1n) is 5.49. The van der Waals surface area contributed by atoms with Crippen molar-refractivity contribution in [3.63, 3.8) is 0 Å². The summed E-state index contributed by atoms with van der Waals surface area (Å²) < 4.78 is 2.12. The summed E-state index contributed by atoms with van der Waals surface area (Å²) in [7, 11) is 0. The normalized spacial score (nSPS) is 19.6. The molecule has 17 heavy (non-hydrogen) atoms. The molecule has 5 heteroatoms. The van der Waals surface area contributed by atoms with Gasteiger partial charge >= 0.3 is 0 Å². The van der Waals surface area contributed by atoms with Crippen LogP contribution in [-0.4, -0.2) is 17.0 Å². The van der Waals surface area contributed by atoms with E-state index >= 15 is 0 Å². The fraction of sp³-hybridized carbons (Fsp3) is 0.417. The van der Waals surface area contributed by atoms with Crippen LogP contribution in [0.4, 0.5) is 5.69 Å². The van der Waals surface area contributed by atoms with Crippen LogP contribution in [0.15, 0.2) is 32.1 Å². The first kappa shape index (κ1) is 13.4. The highest BCUT2D eigenvalue weighted by atomic mass is 79.9. The third kappa shape index (κ3) is 3.48. The van der Waals surface area contributed by atoms with E-state index in [2.05, 4.69) is 62.1 Å². The smallest absolute Gasteiger partial charge is 0.161 e. The van der Waals surface area contributed by atoms with E-state index in [4.69, 9.17) is 0 Å². The second-order valence-corrected chi connectivity index (χ2v) is 7.29. The zero-order chi connectivity index (χ0) is 12.4. The molecule has 0 fully saturated rings. The molecule has 0 bridgehead atoms. The molecule has 2 nitrogen and oxygen atoms in total. The van der Waals surface area contributed by atoms with Crippen molar-refractivity contribution >= 4 is 54.5 Å². The Morgan fingerprint density at radius 2 is 2.18 bits per heavy atom. The molecule has 0 saturated carbocycles. The molecule has 1 aromatic carbocycles. The summed E-state index contributed by atoms with van der Waals surface area (Å²) >= 11 is 8.84. The van der Waals surface area contributed by atoms with E-state index < -0.39 is 0 Å². The minimum absolute atomic E-state index is 0.600. The number of thioether (sulfide) groups is 1. The fourth-order valence-corrected chi connectivity index (χ4v) is 3.25. The topological polar surface area (TPSA) is 24.4 Å². The van der Waals surface area contributed by atoms with E-state index in [1.165, 1.54) is 0 Å². The van der Waals surface area contributed by atoms with E-state index in [0.717, 1.165) is 26.3 Å². The summed E-state index contributed by atoms with van der Waals surface area (Å²) in [5.74, 6) is 0.661. The summed E-state index contributed by atoms with van der Waals surface area (Å²) in [6, 6.07) is 6.08. The molecule has 0 radical (unpaired) electrons. The Kier molecular flexibility index (Phi) is 4.55. The number of rotatable bonds is 2. The van der Waals surface area contributed by atoms with Crippen molar-refractivity contribution < 1.29 is 0 Å². The van der Waals surface area contributed by atoms with E-state index in [0.29, 0.717) is 11.2 Å². The van der Waals surface area contributed by atoms with Gasteiger partial charge < -0.3 is 5.32 Å². The van der Waals surface area contributed by atoms with Gasteiger partial charge in [0.05, 0.1) is 12.2 Å². The lowest BCUT2D eigenvalue weighted by atomic mass is 10.1. The summed E-state index contributed by atoms with van der Waals surface area (Å²) in [6.07, 6.45) is 0. The average molecular weight is 378 g/mol. The highest BCUT2D eigenvalue weighted by molar-refractivity contribution is 9.11. The van der Waals surface area contributed by atoms with E-state index in [-0.39, 0.29) is 0 Å². The number of halogens is 2. The Hall–Kier alpha value is -0.000000000000000111. The SMILES string of the molecule is CC(C)C1CN=C(Nc2cc(Br)ccc2Br)S1. The fourth-order valence-electron chi connectivity index (χ4n) is 1.52. The van der Waals surface area contributed by atoms with Crippen LogP contribution in [0.2, 0.25) is 0 Å². The molecule has 1 aromatic rings. The standard InChI is InChI=1S/C12H14Br2N2S/c1-7(2)11-6-15-12(17-11)16-10-5-8(13)3-4-9(10)14/h3-5,7,11H,6H2,1-2H3,(H,15,16). The van der Waals surface area contributed by atoms with Crippen LogP contribution >= 0.6 is 43.6 Å². The Morgan fingerprint density at radius 3 is 2.82 bits per heavy atom. The molecule has 1 N–H and O–H groups in total. The summed E-state index contributed by atoms with van der Waals surface area (Å²) in [6.45, 7) is 5.40. The molecular formula is C12H14Br2N2S. The Morgan fingerprint density at radius 1 is 1.41 bits per heavy atom. The van der Waals surface area contributed by atoms with Gasteiger partial charge in [-0.25, -0.2) is 0 Å². The third-order valence-electron chi connectivity index (χ3n) is 2.59. The molecule has 1 unspecified atom stereocenters. The molecule has 0 amide bonds. The van der Waals surface area contributed by atoms with Gasteiger partial charge in [-0.3, -0.25) is 4.99 Å². The van der Waals surface area contributed by atoms with Crippen LogP contribution in [0.25, 0.3) is 0 Å². The maximum absolute atomic E-state index is 4.54. The van der Waals surface area contributed by atoms with Gasteiger partial charge in [-0.1, -0.05) is 41.5 Å². The van der Waals surface area contributed by atoms with Crippen molar-refractivity contribution in [1.82, 2.24) is 0 Å². The molecule has 0 saturated heterocycles. The van der Waals surface area contributed by atoms with Crippen molar-refractivity contribution in [2.75, 3.05) is 11.9 Å². The van der Waals surface area contributed by atoms with Crippen LogP contribution in [0.5, 0.6) is 0 Å². The van der Waals surface area contributed by atoms with Crippen molar-refractivity contribution in [3.8, 4) is 0 Å². The van der Waals surface area contributed by atoms with Crippen molar-refractivity contribution in [2.45, 2.75) is 19.1 Å². The monoisotopic (exact) mass is 376 g/mol. The van der Waals surface area contributed by atoms with Gasteiger partial charge in [-0.15, -0.1) is 0 Å². The first-order chi connectivity index (χ1) is 8.06. The third-order valence-corrected chi connectivity index (χ3v) is 5.23.